The minimum Gasteiger partial charge on any atom is -0.339 e. The van der Waals surface area contributed by atoms with E-state index in [1.54, 1.807) is 11.0 Å². The van der Waals surface area contributed by atoms with E-state index < -0.39 is 5.95 Å². The third kappa shape index (κ3) is 2.14. The predicted molar refractivity (Wildman–Crippen MR) is 53.9 cm³/mol. The molecule has 0 saturated carbocycles. The average Bonchev–Trinajstić information content (AvgIpc) is 2.30. The number of pyridine rings is 1. The van der Waals surface area contributed by atoms with Gasteiger partial charge in [-0.2, -0.15) is 4.39 Å². The summed E-state index contributed by atoms with van der Waals surface area (Å²) in [4.78, 5) is 17.0. The molecule has 0 bridgehead atoms. The normalized spacial score (nSPS) is 16.5. The average molecular weight is 208 g/mol. The van der Waals surface area contributed by atoms with Gasteiger partial charge in [-0.05, 0) is 31.4 Å². The zero-order valence-electron chi connectivity index (χ0n) is 8.45. The number of nitrogens with zero attached hydrogens (tertiary/aromatic N) is 2. The Kier molecular flexibility index (Phi) is 2.94. The number of amides is 1. The van der Waals surface area contributed by atoms with Gasteiger partial charge in [0.2, 0.25) is 5.95 Å². The van der Waals surface area contributed by atoms with Gasteiger partial charge in [0, 0.05) is 19.3 Å². The van der Waals surface area contributed by atoms with E-state index in [1.165, 1.54) is 12.3 Å². The van der Waals surface area contributed by atoms with Crippen molar-refractivity contribution in [1.29, 1.82) is 0 Å². The van der Waals surface area contributed by atoms with E-state index in [4.69, 9.17) is 0 Å². The fraction of sp³-hybridized carbons (Fsp3) is 0.455. The standard InChI is InChI=1S/C11H13FN2O/c12-10-9(5-4-6-13-10)11(15)14-7-2-1-3-8-14/h4-6H,1-3,7-8H2. The molecule has 4 heteroatoms. The Hall–Kier alpha value is -1.45. The molecule has 80 valence electrons. The molecule has 1 aromatic rings. The van der Waals surface area contributed by atoms with Crippen LogP contribution in [0.25, 0.3) is 0 Å². The van der Waals surface area contributed by atoms with Gasteiger partial charge in [-0.1, -0.05) is 0 Å². The third-order valence-electron chi connectivity index (χ3n) is 2.63. The van der Waals surface area contributed by atoms with Crippen molar-refractivity contribution in [3.05, 3.63) is 29.8 Å². The van der Waals surface area contributed by atoms with Crippen molar-refractivity contribution in [2.75, 3.05) is 13.1 Å². The second-order valence-corrected chi connectivity index (χ2v) is 3.69. The molecule has 0 atom stereocenters. The molecule has 1 aliphatic heterocycles. The summed E-state index contributed by atoms with van der Waals surface area (Å²) in [5, 5.41) is 0. The first-order valence-electron chi connectivity index (χ1n) is 5.19. The van der Waals surface area contributed by atoms with Crippen LogP contribution in [-0.2, 0) is 0 Å². The van der Waals surface area contributed by atoms with Gasteiger partial charge in [0.25, 0.3) is 5.91 Å². The lowest BCUT2D eigenvalue weighted by molar-refractivity contribution is 0.0718. The predicted octanol–water partition coefficient (Wildman–Crippen LogP) is 1.85. The largest absolute Gasteiger partial charge is 0.339 e. The second-order valence-electron chi connectivity index (χ2n) is 3.69. The van der Waals surface area contributed by atoms with Crippen molar-refractivity contribution in [2.24, 2.45) is 0 Å². The van der Waals surface area contributed by atoms with Crippen LogP contribution in [0, 0.1) is 5.95 Å². The van der Waals surface area contributed by atoms with E-state index in [2.05, 4.69) is 4.98 Å². The Morgan fingerprint density at radius 2 is 2.07 bits per heavy atom. The van der Waals surface area contributed by atoms with Crippen molar-refractivity contribution >= 4 is 5.91 Å². The number of carbonyl (C=O) groups is 1. The summed E-state index contributed by atoms with van der Waals surface area (Å²) in [6.45, 7) is 1.46. The summed E-state index contributed by atoms with van der Waals surface area (Å²) in [5.41, 5.74) is 0.0828. The van der Waals surface area contributed by atoms with Crippen LogP contribution in [-0.4, -0.2) is 28.9 Å². The summed E-state index contributed by atoms with van der Waals surface area (Å²) in [5.74, 6) is -0.909. The number of halogens is 1. The van der Waals surface area contributed by atoms with E-state index in [0.29, 0.717) is 0 Å². The van der Waals surface area contributed by atoms with Crippen LogP contribution >= 0.6 is 0 Å². The zero-order valence-corrected chi connectivity index (χ0v) is 8.45. The molecule has 1 saturated heterocycles. The summed E-state index contributed by atoms with van der Waals surface area (Å²) < 4.78 is 13.2. The lowest BCUT2D eigenvalue weighted by Gasteiger charge is -2.26. The van der Waals surface area contributed by atoms with Crippen LogP contribution in [0.15, 0.2) is 18.3 Å². The number of hydrogen-bond donors (Lipinski definition) is 0. The molecule has 0 radical (unpaired) electrons. The lowest BCUT2D eigenvalue weighted by atomic mass is 10.1. The first kappa shape index (κ1) is 10.1. The molecular weight excluding hydrogens is 195 g/mol. The van der Waals surface area contributed by atoms with Crippen molar-refractivity contribution in [3.63, 3.8) is 0 Å². The van der Waals surface area contributed by atoms with Gasteiger partial charge in [-0.3, -0.25) is 4.79 Å². The molecule has 0 aromatic carbocycles. The van der Waals surface area contributed by atoms with Crippen LogP contribution < -0.4 is 0 Å². The highest BCUT2D eigenvalue weighted by Gasteiger charge is 2.20. The lowest BCUT2D eigenvalue weighted by Crippen LogP contribution is -2.36. The number of piperidine rings is 1. The van der Waals surface area contributed by atoms with Gasteiger partial charge in [-0.25, -0.2) is 4.98 Å². The topological polar surface area (TPSA) is 33.2 Å². The highest BCUT2D eigenvalue weighted by molar-refractivity contribution is 5.94. The minimum atomic E-state index is -0.673. The number of hydrogen-bond acceptors (Lipinski definition) is 2. The maximum absolute atomic E-state index is 13.2. The summed E-state index contributed by atoms with van der Waals surface area (Å²) in [6.07, 6.45) is 4.52. The third-order valence-corrected chi connectivity index (χ3v) is 2.63. The first-order valence-corrected chi connectivity index (χ1v) is 5.19. The monoisotopic (exact) mass is 208 g/mol. The molecule has 1 fully saturated rings. The van der Waals surface area contributed by atoms with Gasteiger partial charge in [0.1, 0.15) is 0 Å². The van der Waals surface area contributed by atoms with E-state index in [0.717, 1.165) is 32.4 Å². The maximum Gasteiger partial charge on any atom is 0.258 e. The highest BCUT2D eigenvalue weighted by Crippen LogP contribution is 2.13. The van der Waals surface area contributed by atoms with E-state index in [9.17, 15) is 9.18 Å². The smallest absolute Gasteiger partial charge is 0.258 e. The molecule has 0 unspecified atom stereocenters. The Morgan fingerprint density at radius 1 is 1.33 bits per heavy atom. The molecule has 2 heterocycles. The Bertz CT molecular complexity index is 361. The van der Waals surface area contributed by atoms with Gasteiger partial charge in [0.05, 0.1) is 5.56 Å². The molecule has 15 heavy (non-hydrogen) atoms. The summed E-state index contributed by atoms with van der Waals surface area (Å²) in [7, 11) is 0. The number of likely N-dealkylation sites (tertiary alicyclic amines) is 1. The van der Waals surface area contributed by atoms with E-state index >= 15 is 0 Å². The Labute approximate surface area is 87.9 Å². The SMILES string of the molecule is O=C(c1cccnc1F)N1CCCCC1. The number of aromatic nitrogens is 1. The van der Waals surface area contributed by atoms with Crippen molar-refractivity contribution in [1.82, 2.24) is 9.88 Å². The maximum atomic E-state index is 13.2. The van der Waals surface area contributed by atoms with Crippen LogP contribution in [0.3, 0.4) is 0 Å². The molecule has 1 amide bonds. The fourth-order valence-electron chi connectivity index (χ4n) is 1.81. The van der Waals surface area contributed by atoms with Crippen LogP contribution in [0.5, 0.6) is 0 Å². The number of carbonyl (C=O) groups excluding carboxylic acids is 1. The molecule has 0 spiro atoms. The van der Waals surface area contributed by atoms with Crippen LogP contribution in [0.2, 0.25) is 0 Å². The summed E-state index contributed by atoms with van der Waals surface area (Å²) >= 11 is 0. The highest BCUT2D eigenvalue weighted by atomic mass is 19.1. The molecule has 0 N–H and O–H groups in total. The molecule has 0 aliphatic carbocycles. The molecule has 2 rings (SSSR count). The Morgan fingerprint density at radius 3 is 2.73 bits per heavy atom. The summed E-state index contributed by atoms with van der Waals surface area (Å²) in [6, 6.07) is 3.07. The minimum absolute atomic E-state index is 0.0828. The van der Waals surface area contributed by atoms with Crippen LogP contribution in [0.4, 0.5) is 4.39 Å². The Balaban J connectivity index is 2.16. The molecule has 1 aromatic heterocycles. The van der Waals surface area contributed by atoms with E-state index in [1.807, 2.05) is 0 Å². The quantitative estimate of drug-likeness (QED) is 0.660. The molecule has 1 aliphatic rings. The van der Waals surface area contributed by atoms with Gasteiger partial charge < -0.3 is 4.90 Å². The zero-order chi connectivity index (χ0) is 10.7. The second kappa shape index (κ2) is 4.38. The molecular formula is C11H13FN2O. The van der Waals surface area contributed by atoms with Gasteiger partial charge in [0.15, 0.2) is 0 Å². The fourth-order valence-corrected chi connectivity index (χ4v) is 1.81. The van der Waals surface area contributed by atoms with E-state index in [-0.39, 0.29) is 11.5 Å². The number of rotatable bonds is 1. The van der Waals surface area contributed by atoms with Gasteiger partial charge in [-0.15, -0.1) is 0 Å². The first-order chi connectivity index (χ1) is 7.29. The van der Waals surface area contributed by atoms with Crippen LogP contribution in [0.1, 0.15) is 29.6 Å². The van der Waals surface area contributed by atoms with Gasteiger partial charge >= 0.3 is 0 Å². The van der Waals surface area contributed by atoms with Crippen molar-refractivity contribution in [3.8, 4) is 0 Å². The van der Waals surface area contributed by atoms with Crippen molar-refractivity contribution < 1.29 is 9.18 Å². The van der Waals surface area contributed by atoms with Crippen molar-refractivity contribution in [2.45, 2.75) is 19.3 Å². The molecule has 3 nitrogen and oxygen atoms in total.